The summed E-state index contributed by atoms with van der Waals surface area (Å²) in [6.07, 6.45) is 1.18. The lowest BCUT2D eigenvalue weighted by molar-refractivity contribution is -0.137. The number of carbonyl (C=O) groups is 3. The summed E-state index contributed by atoms with van der Waals surface area (Å²) in [7, 11) is 0. The smallest absolute Gasteiger partial charge is 0.407 e. The summed E-state index contributed by atoms with van der Waals surface area (Å²) >= 11 is 0. The van der Waals surface area contributed by atoms with Crippen LogP contribution in [0.4, 0.5) is 4.79 Å². The Hall–Kier alpha value is -4.14. The molecule has 2 aliphatic rings. The summed E-state index contributed by atoms with van der Waals surface area (Å²) in [6.45, 7) is 1.12. The number of amides is 2. The first-order valence-electron chi connectivity index (χ1n) is 11.5. The number of rotatable bonds is 8. The number of ether oxygens (including phenoxy) is 1. The molecule has 0 unspecified atom stereocenters. The predicted molar refractivity (Wildman–Crippen MR) is 125 cm³/mol. The molecule has 9 heteroatoms. The minimum Gasteiger partial charge on any atom is -0.481 e. The minimum absolute atomic E-state index is 0.0337. The van der Waals surface area contributed by atoms with Gasteiger partial charge >= 0.3 is 12.1 Å². The van der Waals surface area contributed by atoms with Gasteiger partial charge in [0.15, 0.2) is 17.8 Å². The third-order valence-electron chi connectivity index (χ3n) is 6.59. The molecule has 0 atom stereocenters. The van der Waals surface area contributed by atoms with Gasteiger partial charge in [0.1, 0.15) is 6.61 Å². The van der Waals surface area contributed by atoms with Crippen molar-refractivity contribution in [1.82, 2.24) is 15.2 Å². The predicted octanol–water partition coefficient (Wildman–Crippen LogP) is 3.65. The molecule has 9 nitrogen and oxygen atoms in total. The van der Waals surface area contributed by atoms with Crippen LogP contribution < -0.4 is 5.32 Å². The molecule has 1 aliphatic carbocycles. The highest BCUT2D eigenvalue weighted by molar-refractivity contribution is 5.93. The Morgan fingerprint density at radius 1 is 1.06 bits per heavy atom. The molecule has 0 spiro atoms. The number of fused-ring (bicyclic) bond motifs is 3. The second kappa shape index (κ2) is 9.61. The van der Waals surface area contributed by atoms with Crippen molar-refractivity contribution in [2.24, 2.45) is 5.92 Å². The van der Waals surface area contributed by atoms with Crippen molar-refractivity contribution in [1.29, 1.82) is 0 Å². The van der Waals surface area contributed by atoms with Crippen molar-refractivity contribution < 1.29 is 28.6 Å². The zero-order chi connectivity index (χ0) is 24.4. The van der Waals surface area contributed by atoms with Crippen LogP contribution in [-0.4, -0.2) is 52.7 Å². The van der Waals surface area contributed by atoms with Crippen LogP contribution in [0.3, 0.4) is 0 Å². The normalized spacial score (nSPS) is 14.7. The molecular weight excluding hydrogens is 450 g/mol. The Labute approximate surface area is 201 Å². The number of benzene rings is 2. The molecule has 1 aliphatic heterocycles. The van der Waals surface area contributed by atoms with Crippen molar-refractivity contribution in [3.63, 3.8) is 0 Å². The van der Waals surface area contributed by atoms with Crippen LogP contribution in [0.5, 0.6) is 0 Å². The Bertz CT molecular complexity index is 1220. The van der Waals surface area contributed by atoms with Crippen LogP contribution in [0.1, 0.15) is 46.1 Å². The number of carboxylic acids is 1. The maximum Gasteiger partial charge on any atom is 0.407 e. The number of hydrogen-bond acceptors (Lipinski definition) is 6. The standard InChI is InChI=1S/C26H25N3O6/c30-23(31)10-9-16-12-29(13-16)25(32)24-22(35-15-28-24)11-27-26(33)34-14-21-19-7-3-1-5-17(19)18-6-2-4-8-20(18)21/h1-8,15-16,21H,9-14H2,(H,27,33)(H,30,31). The van der Waals surface area contributed by atoms with Gasteiger partial charge in [-0.2, -0.15) is 0 Å². The van der Waals surface area contributed by atoms with Crippen molar-refractivity contribution >= 4 is 18.0 Å². The van der Waals surface area contributed by atoms with Crippen molar-refractivity contribution in [3.8, 4) is 11.1 Å². The van der Waals surface area contributed by atoms with Crippen LogP contribution in [0.2, 0.25) is 0 Å². The van der Waals surface area contributed by atoms with E-state index in [4.69, 9.17) is 14.3 Å². The van der Waals surface area contributed by atoms with Gasteiger partial charge in [-0.05, 0) is 34.6 Å². The topological polar surface area (TPSA) is 122 Å². The number of carboxylic acid groups (broad SMARTS) is 1. The number of oxazole rings is 1. The first kappa shape index (κ1) is 22.6. The fourth-order valence-electron chi connectivity index (χ4n) is 4.77. The fourth-order valence-corrected chi connectivity index (χ4v) is 4.77. The monoisotopic (exact) mass is 475 g/mol. The number of nitrogens with one attached hydrogen (secondary N) is 1. The Kier molecular flexibility index (Phi) is 6.22. The zero-order valence-electron chi connectivity index (χ0n) is 19.0. The van der Waals surface area contributed by atoms with Crippen LogP contribution in [-0.2, 0) is 16.1 Å². The number of nitrogens with zero attached hydrogens (tertiary/aromatic N) is 2. The van der Waals surface area contributed by atoms with Gasteiger partial charge in [-0.25, -0.2) is 9.78 Å². The van der Waals surface area contributed by atoms with Gasteiger partial charge in [0, 0.05) is 25.4 Å². The van der Waals surface area contributed by atoms with Gasteiger partial charge in [-0.15, -0.1) is 0 Å². The quantitative estimate of drug-likeness (QED) is 0.510. The molecular formula is C26H25N3O6. The second-order valence-electron chi connectivity index (χ2n) is 8.81. The number of hydrogen-bond donors (Lipinski definition) is 2. The van der Waals surface area contributed by atoms with Crippen LogP contribution >= 0.6 is 0 Å². The fraction of sp³-hybridized carbons (Fsp3) is 0.308. The number of aromatic nitrogens is 1. The second-order valence-corrected chi connectivity index (χ2v) is 8.81. The van der Waals surface area contributed by atoms with Gasteiger partial charge < -0.3 is 24.5 Å². The van der Waals surface area contributed by atoms with Crippen LogP contribution in [0, 0.1) is 5.92 Å². The maximum absolute atomic E-state index is 12.7. The molecule has 5 rings (SSSR count). The molecule has 3 aromatic rings. The first-order chi connectivity index (χ1) is 17.0. The number of aliphatic carboxylic acids is 1. The summed E-state index contributed by atoms with van der Waals surface area (Å²) in [5.74, 6) is -0.763. The number of likely N-dealkylation sites (tertiary alicyclic amines) is 1. The van der Waals surface area contributed by atoms with E-state index in [1.807, 2.05) is 24.3 Å². The average molecular weight is 476 g/mol. The SMILES string of the molecule is O=C(O)CCC1CN(C(=O)c2ncoc2CNC(=O)OCC2c3ccccc3-c3ccccc32)C1. The van der Waals surface area contributed by atoms with E-state index in [1.54, 1.807) is 4.90 Å². The van der Waals surface area contributed by atoms with Gasteiger partial charge in [-0.3, -0.25) is 9.59 Å². The molecule has 2 amide bonds. The summed E-state index contributed by atoms with van der Waals surface area (Å²) in [6, 6.07) is 16.2. The largest absolute Gasteiger partial charge is 0.481 e. The van der Waals surface area contributed by atoms with E-state index in [9.17, 15) is 14.4 Å². The van der Waals surface area contributed by atoms with E-state index in [0.717, 1.165) is 22.3 Å². The van der Waals surface area contributed by atoms with E-state index in [0.29, 0.717) is 19.5 Å². The molecule has 2 N–H and O–H groups in total. The first-order valence-corrected chi connectivity index (χ1v) is 11.5. The Balaban J connectivity index is 1.14. The van der Waals surface area contributed by atoms with E-state index in [-0.39, 0.29) is 48.8 Å². The number of alkyl carbamates (subject to hydrolysis) is 1. The van der Waals surface area contributed by atoms with E-state index in [1.165, 1.54) is 6.39 Å². The third kappa shape index (κ3) is 4.62. The zero-order valence-corrected chi connectivity index (χ0v) is 19.0. The third-order valence-corrected chi connectivity index (χ3v) is 6.59. The number of carbonyl (C=O) groups excluding carboxylic acids is 2. The van der Waals surface area contributed by atoms with Crippen LogP contribution in [0.15, 0.2) is 59.3 Å². The van der Waals surface area contributed by atoms with E-state index < -0.39 is 12.1 Å². The van der Waals surface area contributed by atoms with E-state index >= 15 is 0 Å². The lowest BCUT2D eigenvalue weighted by atomic mass is 9.94. The van der Waals surface area contributed by atoms with Crippen molar-refractivity contribution in [2.75, 3.05) is 19.7 Å². The average Bonchev–Trinajstić information content (AvgIpc) is 3.43. The molecule has 0 bridgehead atoms. The molecule has 180 valence electrons. The molecule has 0 saturated carbocycles. The summed E-state index contributed by atoms with van der Waals surface area (Å²) < 4.78 is 10.8. The maximum atomic E-state index is 12.7. The highest BCUT2D eigenvalue weighted by Crippen LogP contribution is 2.44. The lowest BCUT2D eigenvalue weighted by Crippen LogP contribution is -2.50. The van der Waals surface area contributed by atoms with Gasteiger partial charge in [-0.1, -0.05) is 48.5 Å². The molecule has 2 aromatic carbocycles. The Morgan fingerprint density at radius 2 is 1.71 bits per heavy atom. The summed E-state index contributed by atoms with van der Waals surface area (Å²) in [5.41, 5.74) is 4.69. The minimum atomic E-state index is -0.840. The van der Waals surface area contributed by atoms with Crippen LogP contribution in [0.25, 0.3) is 11.1 Å². The molecule has 1 saturated heterocycles. The summed E-state index contributed by atoms with van der Waals surface area (Å²) in [5, 5.41) is 11.4. The van der Waals surface area contributed by atoms with Crippen molar-refractivity contribution in [2.45, 2.75) is 25.3 Å². The van der Waals surface area contributed by atoms with E-state index in [2.05, 4.69) is 34.6 Å². The van der Waals surface area contributed by atoms with Crippen molar-refractivity contribution in [3.05, 3.63) is 77.5 Å². The highest BCUT2D eigenvalue weighted by Gasteiger charge is 2.34. The molecule has 1 aromatic heterocycles. The Morgan fingerprint density at radius 3 is 2.37 bits per heavy atom. The molecule has 1 fully saturated rings. The lowest BCUT2D eigenvalue weighted by Gasteiger charge is -2.38. The summed E-state index contributed by atoms with van der Waals surface area (Å²) in [4.78, 5) is 41.5. The molecule has 0 radical (unpaired) electrons. The van der Waals surface area contributed by atoms with Gasteiger partial charge in [0.2, 0.25) is 0 Å². The van der Waals surface area contributed by atoms with Gasteiger partial charge in [0.05, 0.1) is 6.54 Å². The molecule has 35 heavy (non-hydrogen) atoms. The van der Waals surface area contributed by atoms with Gasteiger partial charge in [0.25, 0.3) is 5.91 Å². The molecule has 2 heterocycles. The highest BCUT2D eigenvalue weighted by atomic mass is 16.5.